The Morgan fingerprint density at radius 1 is 1.05 bits per heavy atom. The number of benzene rings is 1. The van der Waals surface area contributed by atoms with Crippen molar-refractivity contribution in [1.82, 2.24) is 9.97 Å². The summed E-state index contributed by atoms with van der Waals surface area (Å²) in [4.78, 5) is 8.54. The van der Waals surface area contributed by atoms with Crippen LogP contribution in [0.4, 0.5) is 5.95 Å². The number of nitrogens with zero attached hydrogens (tertiary/aromatic N) is 2. The van der Waals surface area contributed by atoms with Gasteiger partial charge in [-0.1, -0.05) is 30.3 Å². The third-order valence-electron chi connectivity index (χ3n) is 2.63. The van der Waals surface area contributed by atoms with E-state index in [-0.39, 0.29) is 12.1 Å². The SMILES string of the molecule is CC(C)Oc1ccnc(NC(C)c2ccccc2)n1. The van der Waals surface area contributed by atoms with Crippen LogP contribution in [0.1, 0.15) is 32.4 Å². The molecule has 0 saturated heterocycles. The zero-order valence-corrected chi connectivity index (χ0v) is 11.5. The van der Waals surface area contributed by atoms with Crippen molar-refractivity contribution in [3.8, 4) is 5.88 Å². The van der Waals surface area contributed by atoms with Gasteiger partial charge in [-0.05, 0) is 26.3 Å². The first-order chi connectivity index (χ1) is 9.15. The van der Waals surface area contributed by atoms with Gasteiger partial charge in [-0.15, -0.1) is 0 Å². The van der Waals surface area contributed by atoms with Crippen molar-refractivity contribution in [3.63, 3.8) is 0 Å². The number of anilines is 1. The highest BCUT2D eigenvalue weighted by Gasteiger charge is 2.07. The summed E-state index contributed by atoms with van der Waals surface area (Å²) >= 11 is 0. The van der Waals surface area contributed by atoms with Crippen LogP contribution in [0.2, 0.25) is 0 Å². The summed E-state index contributed by atoms with van der Waals surface area (Å²) in [6.45, 7) is 6.03. The van der Waals surface area contributed by atoms with Crippen molar-refractivity contribution in [1.29, 1.82) is 0 Å². The lowest BCUT2D eigenvalue weighted by Crippen LogP contribution is -2.11. The molecule has 1 atom stereocenters. The zero-order valence-electron chi connectivity index (χ0n) is 11.5. The second-order valence-corrected chi connectivity index (χ2v) is 4.66. The average Bonchev–Trinajstić information content (AvgIpc) is 2.39. The molecule has 0 aliphatic carbocycles. The minimum absolute atomic E-state index is 0.106. The minimum Gasteiger partial charge on any atom is -0.475 e. The fraction of sp³-hybridized carbons (Fsp3) is 0.333. The molecule has 4 nitrogen and oxygen atoms in total. The molecule has 0 aliphatic heterocycles. The highest BCUT2D eigenvalue weighted by Crippen LogP contribution is 2.17. The van der Waals surface area contributed by atoms with E-state index in [2.05, 4.69) is 34.3 Å². The number of rotatable bonds is 5. The van der Waals surface area contributed by atoms with Crippen molar-refractivity contribution in [3.05, 3.63) is 48.2 Å². The summed E-state index contributed by atoms with van der Waals surface area (Å²) < 4.78 is 5.55. The standard InChI is InChI=1S/C15H19N3O/c1-11(2)19-14-9-10-16-15(18-14)17-12(3)13-7-5-4-6-8-13/h4-12H,1-3H3,(H,16,17,18). The van der Waals surface area contributed by atoms with E-state index in [9.17, 15) is 0 Å². The van der Waals surface area contributed by atoms with Crippen LogP contribution in [0, 0.1) is 0 Å². The van der Waals surface area contributed by atoms with E-state index in [0.29, 0.717) is 11.8 Å². The summed E-state index contributed by atoms with van der Waals surface area (Å²) in [6.07, 6.45) is 1.80. The monoisotopic (exact) mass is 257 g/mol. The summed E-state index contributed by atoms with van der Waals surface area (Å²) in [5.41, 5.74) is 1.20. The van der Waals surface area contributed by atoms with E-state index in [1.807, 2.05) is 32.0 Å². The maximum absolute atomic E-state index is 5.55. The Kier molecular flexibility index (Phi) is 4.34. The predicted octanol–water partition coefficient (Wildman–Crippen LogP) is 3.44. The molecule has 0 spiro atoms. The number of nitrogens with one attached hydrogen (secondary N) is 1. The molecule has 0 amide bonds. The molecular weight excluding hydrogens is 238 g/mol. The number of hydrogen-bond donors (Lipinski definition) is 1. The molecule has 4 heteroatoms. The van der Waals surface area contributed by atoms with Crippen molar-refractivity contribution >= 4 is 5.95 Å². The third kappa shape index (κ3) is 3.95. The Morgan fingerprint density at radius 3 is 2.47 bits per heavy atom. The van der Waals surface area contributed by atoms with Crippen LogP contribution in [-0.4, -0.2) is 16.1 Å². The molecule has 1 unspecified atom stereocenters. The van der Waals surface area contributed by atoms with Crippen LogP contribution in [0.5, 0.6) is 5.88 Å². The molecule has 100 valence electrons. The lowest BCUT2D eigenvalue weighted by Gasteiger charge is -2.15. The Labute approximate surface area is 113 Å². The minimum atomic E-state index is 0.106. The molecular formula is C15H19N3O. The van der Waals surface area contributed by atoms with Gasteiger partial charge >= 0.3 is 0 Å². The quantitative estimate of drug-likeness (QED) is 0.891. The zero-order chi connectivity index (χ0) is 13.7. The van der Waals surface area contributed by atoms with Gasteiger partial charge in [0.15, 0.2) is 0 Å². The Bertz CT molecular complexity index is 514. The highest BCUT2D eigenvalue weighted by molar-refractivity contribution is 5.33. The van der Waals surface area contributed by atoms with Crippen LogP contribution in [0.3, 0.4) is 0 Å². The van der Waals surface area contributed by atoms with Crippen LogP contribution >= 0.6 is 0 Å². The summed E-state index contributed by atoms with van der Waals surface area (Å²) in [5, 5.41) is 3.27. The predicted molar refractivity (Wildman–Crippen MR) is 76.3 cm³/mol. The van der Waals surface area contributed by atoms with Crippen molar-refractivity contribution in [2.24, 2.45) is 0 Å². The summed E-state index contributed by atoms with van der Waals surface area (Å²) in [7, 11) is 0. The van der Waals surface area contributed by atoms with Gasteiger partial charge in [-0.2, -0.15) is 4.98 Å². The van der Waals surface area contributed by atoms with E-state index in [1.165, 1.54) is 5.56 Å². The van der Waals surface area contributed by atoms with Gasteiger partial charge in [0.1, 0.15) is 0 Å². The average molecular weight is 257 g/mol. The van der Waals surface area contributed by atoms with Crippen molar-refractivity contribution < 1.29 is 4.74 Å². The van der Waals surface area contributed by atoms with Gasteiger partial charge < -0.3 is 10.1 Å². The number of aromatic nitrogens is 2. The van der Waals surface area contributed by atoms with E-state index >= 15 is 0 Å². The first-order valence-electron chi connectivity index (χ1n) is 6.46. The molecule has 1 heterocycles. The maximum atomic E-state index is 5.55. The second-order valence-electron chi connectivity index (χ2n) is 4.66. The molecule has 1 N–H and O–H groups in total. The fourth-order valence-electron chi connectivity index (χ4n) is 1.74. The van der Waals surface area contributed by atoms with Gasteiger partial charge in [-0.3, -0.25) is 0 Å². The Morgan fingerprint density at radius 2 is 1.79 bits per heavy atom. The normalized spacial score (nSPS) is 12.2. The van der Waals surface area contributed by atoms with Crippen LogP contribution in [0.25, 0.3) is 0 Å². The molecule has 19 heavy (non-hydrogen) atoms. The fourth-order valence-corrected chi connectivity index (χ4v) is 1.74. The molecule has 1 aromatic carbocycles. The highest BCUT2D eigenvalue weighted by atomic mass is 16.5. The maximum Gasteiger partial charge on any atom is 0.226 e. The van der Waals surface area contributed by atoms with E-state index in [0.717, 1.165) is 0 Å². The van der Waals surface area contributed by atoms with E-state index < -0.39 is 0 Å². The molecule has 0 fully saturated rings. The second kappa shape index (κ2) is 6.18. The van der Waals surface area contributed by atoms with Crippen molar-refractivity contribution in [2.75, 3.05) is 5.32 Å². The van der Waals surface area contributed by atoms with Gasteiger partial charge in [0, 0.05) is 12.3 Å². The smallest absolute Gasteiger partial charge is 0.226 e. The van der Waals surface area contributed by atoms with Crippen LogP contribution < -0.4 is 10.1 Å². The first kappa shape index (κ1) is 13.3. The Hall–Kier alpha value is -2.10. The lowest BCUT2D eigenvalue weighted by atomic mass is 10.1. The molecule has 2 aromatic rings. The third-order valence-corrected chi connectivity index (χ3v) is 2.63. The first-order valence-corrected chi connectivity index (χ1v) is 6.46. The number of hydrogen-bond acceptors (Lipinski definition) is 4. The largest absolute Gasteiger partial charge is 0.475 e. The van der Waals surface area contributed by atoms with Gasteiger partial charge in [-0.25, -0.2) is 4.98 Å². The summed E-state index contributed by atoms with van der Waals surface area (Å²) in [6, 6.07) is 12.1. The molecule has 0 bridgehead atoms. The van der Waals surface area contributed by atoms with Gasteiger partial charge in [0.2, 0.25) is 11.8 Å². The molecule has 0 saturated carbocycles. The molecule has 0 aliphatic rings. The Balaban J connectivity index is 2.06. The lowest BCUT2D eigenvalue weighted by molar-refractivity contribution is 0.232. The molecule has 2 rings (SSSR count). The summed E-state index contributed by atoms with van der Waals surface area (Å²) in [5.74, 6) is 1.17. The van der Waals surface area contributed by atoms with Crippen LogP contribution in [0.15, 0.2) is 42.6 Å². The number of ether oxygens (including phenoxy) is 1. The van der Waals surface area contributed by atoms with Crippen LogP contribution in [-0.2, 0) is 0 Å². The van der Waals surface area contributed by atoms with E-state index in [1.54, 1.807) is 12.3 Å². The molecule has 0 radical (unpaired) electrons. The topological polar surface area (TPSA) is 47.0 Å². The molecule has 1 aromatic heterocycles. The van der Waals surface area contributed by atoms with Gasteiger partial charge in [0.25, 0.3) is 0 Å². The van der Waals surface area contributed by atoms with Crippen molar-refractivity contribution in [2.45, 2.75) is 32.9 Å². The van der Waals surface area contributed by atoms with Gasteiger partial charge in [0.05, 0.1) is 12.1 Å². The van der Waals surface area contributed by atoms with E-state index in [4.69, 9.17) is 4.74 Å².